The lowest BCUT2D eigenvalue weighted by atomic mass is 10.2. The second-order valence-electron chi connectivity index (χ2n) is 6.53. The van der Waals surface area contributed by atoms with Gasteiger partial charge in [-0.3, -0.25) is 18.9 Å². The first-order valence-corrected chi connectivity index (χ1v) is 10.4. The van der Waals surface area contributed by atoms with E-state index in [4.69, 9.17) is 5.73 Å². The third-order valence-electron chi connectivity index (χ3n) is 4.28. The first-order valence-electron chi connectivity index (χ1n) is 8.96. The first-order chi connectivity index (χ1) is 14.3. The number of anilines is 2. The number of aryl methyl sites for hydroxylation is 1. The summed E-state index contributed by atoms with van der Waals surface area (Å²) in [5.41, 5.74) is 7.22. The Morgan fingerprint density at radius 1 is 1.03 bits per heavy atom. The van der Waals surface area contributed by atoms with Gasteiger partial charge in [-0.25, -0.2) is 8.42 Å². The normalized spacial score (nSPS) is 11.0. The maximum Gasteiger partial charge on any atom is 0.266 e. The van der Waals surface area contributed by atoms with Crippen LogP contribution in [0.2, 0.25) is 0 Å². The Balaban J connectivity index is 1.88. The van der Waals surface area contributed by atoms with Crippen molar-refractivity contribution in [3.8, 4) is 0 Å². The van der Waals surface area contributed by atoms with Crippen molar-refractivity contribution in [1.29, 1.82) is 0 Å². The molecule has 0 radical (unpaired) electrons. The van der Waals surface area contributed by atoms with Crippen LogP contribution in [0.15, 0.2) is 78.0 Å². The molecule has 154 valence electrons. The molecule has 2 amide bonds. The van der Waals surface area contributed by atoms with E-state index >= 15 is 0 Å². The molecule has 0 saturated carbocycles. The van der Waals surface area contributed by atoms with E-state index < -0.39 is 28.4 Å². The highest BCUT2D eigenvalue weighted by atomic mass is 32.2. The summed E-state index contributed by atoms with van der Waals surface area (Å²) in [4.78, 5) is 27.6. The first kappa shape index (κ1) is 21.0. The highest BCUT2D eigenvalue weighted by molar-refractivity contribution is 7.92. The SMILES string of the molecule is Cc1ccc(N(CC(=O)Nc2ccc(C(N)=O)cc2)S(=O)(=O)c2cccnc2)cc1. The van der Waals surface area contributed by atoms with E-state index in [0.29, 0.717) is 16.9 Å². The number of carbonyl (C=O) groups excluding carboxylic acids is 2. The molecule has 0 fully saturated rings. The number of primary amides is 1. The molecule has 0 atom stereocenters. The number of nitrogens with zero attached hydrogens (tertiary/aromatic N) is 2. The number of rotatable bonds is 7. The van der Waals surface area contributed by atoms with Crippen LogP contribution >= 0.6 is 0 Å². The van der Waals surface area contributed by atoms with Gasteiger partial charge in [-0.1, -0.05) is 17.7 Å². The van der Waals surface area contributed by atoms with Crippen molar-refractivity contribution in [3.05, 3.63) is 84.2 Å². The van der Waals surface area contributed by atoms with Crippen molar-refractivity contribution < 1.29 is 18.0 Å². The molecule has 3 rings (SSSR count). The highest BCUT2D eigenvalue weighted by Crippen LogP contribution is 2.24. The van der Waals surface area contributed by atoms with Gasteiger partial charge < -0.3 is 11.1 Å². The average Bonchev–Trinajstić information content (AvgIpc) is 2.74. The molecule has 2 aromatic carbocycles. The third kappa shape index (κ3) is 4.81. The molecule has 1 aromatic heterocycles. The molecule has 3 N–H and O–H groups in total. The largest absolute Gasteiger partial charge is 0.366 e. The Kier molecular flexibility index (Phi) is 6.12. The van der Waals surface area contributed by atoms with Gasteiger partial charge in [0.2, 0.25) is 11.8 Å². The van der Waals surface area contributed by atoms with Crippen molar-refractivity contribution >= 4 is 33.2 Å². The highest BCUT2D eigenvalue weighted by Gasteiger charge is 2.27. The number of aromatic nitrogens is 1. The van der Waals surface area contributed by atoms with Crippen molar-refractivity contribution in [2.75, 3.05) is 16.2 Å². The van der Waals surface area contributed by atoms with Crippen LogP contribution in [0, 0.1) is 6.92 Å². The smallest absolute Gasteiger partial charge is 0.266 e. The van der Waals surface area contributed by atoms with E-state index in [0.717, 1.165) is 9.87 Å². The molecule has 0 aliphatic carbocycles. The van der Waals surface area contributed by atoms with Crippen LogP contribution in [-0.2, 0) is 14.8 Å². The van der Waals surface area contributed by atoms with Gasteiger partial charge >= 0.3 is 0 Å². The second-order valence-corrected chi connectivity index (χ2v) is 8.39. The van der Waals surface area contributed by atoms with Crippen LogP contribution in [0.25, 0.3) is 0 Å². The van der Waals surface area contributed by atoms with Gasteiger partial charge in [0, 0.05) is 23.6 Å². The summed E-state index contributed by atoms with van der Waals surface area (Å²) in [6, 6.07) is 15.7. The summed E-state index contributed by atoms with van der Waals surface area (Å²) in [7, 11) is -4.02. The number of carbonyl (C=O) groups is 2. The Bertz CT molecular complexity index is 1150. The lowest BCUT2D eigenvalue weighted by molar-refractivity contribution is -0.114. The van der Waals surface area contributed by atoms with E-state index in [9.17, 15) is 18.0 Å². The minimum atomic E-state index is -4.02. The summed E-state index contributed by atoms with van der Waals surface area (Å²) in [6.07, 6.45) is 2.70. The van der Waals surface area contributed by atoms with Gasteiger partial charge in [-0.15, -0.1) is 0 Å². The van der Waals surface area contributed by atoms with E-state index in [2.05, 4.69) is 10.3 Å². The Labute approximate surface area is 174 Å². The fourth-order valence-corrected chi connectivity index (χ4v) is 4.09. The number of benzene rings is 2. The van der Waals surface area contributed by atoms with E-state index in [1.54, 1.807) is 24.3 Å². The summed E-state index contributed by atoms with van der Waals surface area (Å²) >= 11 is 0. The number of sulfonamides is 1. The lowest BCUT2D eigenvalue weighted by Crippen LogP contribution is -2.38. The van der Waals surface area contributed by atoms with Crippen LogP contribution in [0.1, 0.15) is 15.9 Å². The maximum atomic E-state index is 13.2. The molecule has 30 heavy (non-hydrogen) atoms. The number of nitrogens with one attached hydrogen (secondary N) is 1. The minimum absolute atomic E-state index is 0.0239. The van der Waals surface area contributed by atoms with E-state index in [-0.39, 0.29) is 4.90 Å². The van der Waals surface area contributed by atoms with Crippen LogP contribution in [0.4, 0.5) is 11.4 Å². The summed E-state index contributed by atoms with van der Waals surface area (Å²) in [5, 5.41) is 2.63. The van der Waals surface area contributed by atoms with E-state index in [1.165, 1.54) is 48.8 Å². The predicted molar refractivity (Wildman–Crippen MR) is 114 cm³/mol. The number of hydrogen-bond donors (Lipinski definition) is 2. The Morgan fingerprint density at radius 2 is 1.70 bits per heavy atom. The monoisotopic (exact) mass is 424 g/mol. The van der Waals surface area contributed by atoms with Crippen LogP contribution < -0.4 is 15.4 Å². The zero-order valence-electron chi connectivity index (χ0n) is 16.1. The van der Waals surface area contributed by atoms with Gasteiger partial charge in [0.15, 0.2) is 0 Å². The quantitative estimate of drug-likeness (QED) is 0.603. The molecule has 3 aromatic rings. The molecule has 9 heteroatoms. The van der Waals surface area contributed by atoms with Crippen molar-refractivity contribution in [1.82, 2.24) is 4.98 Å². The summed E-state index contributed by atoms with van der Waals surface area (Å²) < 4.78 is 27.4. The molecule has 0 aliphatic heterocycles. The standard InChI is InChI=1S/C21H20N4O4S/c1-15-4-10-18(11-5-15)25(30(28,29)19-3-2-12-23-13-19)14-20(26)24-17-8-6-16(7-9-17)21(22)27/h2-13H,14H2,1H3,(H2,22,27)(H,24,26). The lowest BCUT2D eigenvalue weighted by Gasteiger charge is -2.24. The van der Waals surface area contributed by atoms with Crippen LogP contribution in [-0.4, -0.2) is 31.8 Å². The number of hydrogen-bond acceptors (Lipinski definition) is 5. The molecule has 1 heterocycles. The molecule has 8 nitrogen and oxygen atoms in total. The maximum absolute atomic E-state index is 13.2. The molecular weight excluding hydrogens is 404 g/mol. The van der Waals surface area contributed by atoms with Gasteiger partial charge in [0.1, 0.15) is 11.4 Å². The number of pyridine rings is 1. The predicted octanol–water partition coefficient (Wildman–Crippen LogP) is 2.32. The Hall–Kier alpha value is -3.72. The molecular formula is C21H20N4O4S. The Morgan fingerprint density at radius 3 is 2.27 bits per heavy atom. The van der Waals surface area contributed by atoms with Crippen molar-refractivity contribution in [3.63, 3.8) is 0 Å². The third-order valence-corrected chi connectivity index (χ3v) is 6.04. The van der Waals surface area contributed by atoms with Gasteiger partial charge in [0.05, 0.1) is 5.69 Å². The molecule has 0 saturated heterocycles. The van der Waals surface area contributed by atoms with Gasteiger partial charge in [0.25, 0.3) is 10.0 Å². The summed E-state index contributed by atoms with van der Waals surface area (Å²) in [5.74, 6) is -1.13. The van der Waals surface area contributed by atoms with Crippen molar-refractivity contribution in [2.45, 2.75) is 11.8 Å². The fourth-order valence-electron chi connectivity index (χ4n) is 2.70. The van der Waals surface area contributed by atoms with Crippen LogP contribution in [0.3, 0.4) is 0 Å². The van der Waals surface area contributed by atoms with Crippen molar-refractivity contribution in [2.24, 2.45) is 5.73 Å². The molecule has 0 bridgehead atoms. The molecule has 0 unspecified atom stereocenters. The zero-order valence-corrected chi connectivity index (χ0v) is 17.0. The topological polar surface area (TPSA) is 122 Å². The van der Waals surface area contributed by atoms with Gasteiger partial charge in [-0.2, -0.15) is 0 Å². The summed E-state index contributed by atoms with van der Waals surface area (Å²) in [6.45, 7) is 1.43. The zero-order chi connectivity index (χ0) is 21.7. The average molecular weight is 424 g/mol. The second kappa shape index (κ2) is 8.75. The fraction of sp³-hybridized carbons (Fsp3) is 0.0952. The molecule has 0 aliphatic rings. The minimum Gasteiger partial charge on any atom is -0.366 e. The number of nitrogens with two attached hydrogens (primary N) is 1. The number of amides is 2. The van der Waals surface area contributed by atoms with Gasteiger partial charge in [-0.05, 0) is 55.5 Å². The van der Waals surface area contributed by atoms with Crippen LogP contribution in [0.5, 0.6) is 0 Å². The molecule has 0 spiro atoms. The van der Waals surface area contributed by atoms with E-state index in [1.807, 2.05) is 6.92 Å².